The molecule has 6 heteroatoms. The van der Waals surface area contributed by atoms with E-state index in [1.165, 1.54) is 19.1 Å². The molecule has 0 spiro atoms. The Morgan fingerprint density at radius 3 is 2.08 bits per heavy atom. The Hall–Kier alpha value is -3.02. The molecule has 2 amide bonds. The van der Waals surface area contributed by atoms with Crippen LogP contribution in [0, 0.1) is 0 Å². The van der Waals surface area contributed by atoms with Gasteiger partial charge in [0.05, 0.1) is 14.2 Å². The molecular formula is C18H20N2O4. The Morgan fingerprint density at radius 2 is 1.54 bits per heavy atom. The van der Waals surface area contributed by atoms with E-state index in [4.69, 9.17) is 9.47 Å². The average molecular weight is 328 g/mol. The third kappa shape index (κ3) is 4.04. The summed E-state index contributed by atoms with van der Waals surface area (Å²) in [4.78, 5) is 25.9. The molecule has 0 heterocycles. The minimum absolute atomic E-state index is 0.130. The molecule has 0 atom stereocenters. The first-order valence-corrected chi connectivity index (χ1v) is 7.30. The van der Waals surface area contributed by atoms with Gasteiger partial charge in [-0.3, -0.25) is 9.59 Å². The highest BCUT2D eigenvalue weighted by atomic mass is 16.5. The fourth-order valence-electron chi connectivity index (χ4n) is 2.13. The van der Waals surface area contributed by atoms with Gasteiger partial charge in [-0.2, -0.15) is 0 Å². The second kappa shape index (κ2) is 7.50. The van der Waals surface area contributed by atoms with Crippen LogP contribution in [0.4, 0.5) is 5.69 Å². The Bertz CT molecular complexity index is 734. The number of hydrogen-bond donors (Lipinski definition) is 1. The van der Waals surface area contributed by atoms with Crippen LogP contribution in [0.1, 0.15) is 20.7 Å². The van der Waals surface area contributed by atoms with Gasteiger partial charge in [0.15, 0.2) is 0 Å². The lowest BCUT2D eigenvalue weighted by molar-refractivity contribution is 0.0827. The van der Waals surface area contributed by atoms with Gasteiger partial charge in [0, 0.05) is 37.0 Å². The van der Waals surface area contributed by atoms with Gasteiger partial charge in [0.2, 0.25) is 0 Å². The first kappa shape index (κ1) is 17.3. The first-order valence-electron chi connectivity index (χ1n) is 7.30. The molecule has 2 aromatic rings. The molecule has 0 aromatic heterocycles. The topological polar surface area (TPSA) is 67.9 Å². The van der Waals surface area contributed by atoms with Crippen LogP contribution in [0.25, 0.3) is 0 Å². The summed E-state index contributed by atoms with van der Waals surface area (Å²) in [5, 5.41) is 2.77. The maximum absolute atomic E-state index is 12.4. The third-order valence-corrected chi connectivity index (χ3v) is 3.39. The second-order valence-corrected chi connectivity index (χ2v) is 5.34. The molecule has 24 heavy (non-hydrogen) atoms. The zero-order valence-electron chi connectivity index (χ0n) is 14.1. The quantitative estimate of drug-likeness (QED) is 0.916. The number of ether oxygens (including phenoxy) is 2. The number of nitrogens with one attached hydrogen (secondary N) is 1. The maximum atomic E-state index is 12.4. The molecule has 2 rings (SSSR count). The lowest BCUT2D eigenvalue weighted by Crippen LogP contribution is -2.22. The molecule has 6 nitrogen and oxygen atoms in total. The van der Waals surface area contributed by atoms with Gasteiger partial charge in [-0.15, -0.1) is 0 Å². The van der Waals surface area contributed by atoms with Crippen molar-refractivity contribution in [3.05, 3.63) is 53.6 Å². The number of carbonyl (C=O) groups is 2. The van der Waals surface area contributed by atoms with Crippen LogP contribution in [-0.2, 0) is 0 Å². The summed E-state index contributed by atoms with van der Waals surface area (Å²) < 4.78 is 10.3. The van der Waals surface area contributed by atoms with E-state index in [9.17, 15) is 9.59 Å². The van der Waals surface area contributed by atoms with Gasteiger partial charge in [0.1, 0.15) is 11.5 Å². The van der Waals surface area contributed by atoms with Crippen molar-refractivity contribution in [2.75, 3.05) is 33.6 Å². The van der Waals surface area contributed by atoms with Crippen LogP contribution in [0.5, 0.6) is 11.5 Å². The van der Waals surface area contributed by atoms with Crippen molar-refractivity contribution in [2.24, 2.45) is 0 Å². The van der Waals surface area contributed by atoms with Crippen LogP contribution < -0.4 is 14.8 Å². The van der Waals surface area contributed by atoms with Crippen molar-refractivity contribution in [1.82, 2.24) is 4.90 Å². The summed E-state index contributed by atoms with van der Waals surface area (Å²) >= 11 is 0. The Labute approximate surface area is 141 Å². The smallest absolute Gasteiger partial charge is 0.255 e. The van der Waals surface area contributed by atoms with E-state index in [2.05, 4.69) is 5.32 Å². The fourth-order valence-corrected chi connectivity index (χ4v) is 2.13. The van der Waals surface area contributed by atoms with E-state index in [0.717, 1.165) is 0 Å². The molecule has 0 unspecified atom stereocenters. The van der Waals surface area contributed by atoms with Gasteiger partial charge in [-0.05, 0) is 30.3 Å². The summed E-state index contributed by atoms with van der Waals surface area (Å²) in [6, 6.07) is 11.7. The minimum Gasteiger partial charge on any atom is -0.497 e. The maximum Gasteiger partial charge on any atom is 0.255 e. The standard InChI is InChI=1S/C18H20N2O4/c1-20(2)18(22)12-6-5-7-14(8-12)19-17(21)13-9-15(23-3)11-16(10-13)24-4/h5-11H,1-4H3,(H,19,21). The van der Waals surface area contributed by atoms with Crippen LogP contribution in [0.15, 0.2) is 42.5 Å². The van der Waals surface area contributed by atoms with Crippen molar-refractivity contribution in [2.45, 2.75) is 0 Å². The van der Waals surface area contributed by atoms with Crippen molar-refractivity contribution >= 4 is 17.5 Å². The Balaban J connectivity index is 2.24. The van der Waals surface area contributed by atoms with Gasteiger partial charge in [-0.25, -0.2) is 0 Å². The van der Waals surface area contributed by atoms with Gasteiger partial charge >= 0.3 is 0 Å². The molecule has 0 aliphatic heterocycles. The predicted molar refractivity (Wildman–Crippen MR) is 92.0 cm³/mol. The number of carbonyl (C=O) groups excluding carboxylic acids is 2. The molecular weight excluding hydrogens is 308 g/mol. The number of hydrogen-bond acceptors (Lipinski definition) is 4. The van der Waals surface area contributed by atoms with Crippen LogP contribution in [0.3, 0.4) is 0 Å². The predicted octanol–water partition coefficient (Wildman–Crippen LogP) is 2.66. The normalized spacial score (nSPS) is 10.0. The summed E-state index contributed by atoms with van der Waals surface area (Å²) in [6.07, 6.45) is 0. The highest BCUT2D eigenvalue weighted by molar-refractivity contribution is 6.05. The third-order valence-electron chi connectivity index (χ3n) is 3.39. The molecule has 0 saturated carbocycles. The number of benzene rings is 2. The van der Waals surface area contributed by atoms with Crippen LogP contribution >= 0.6 is 0 Å². The van der Waals surface area contributed by atoms with Gasteiger partial charge < -0.3 is 19.7 Å². The molecule has 0 radical (unpaired) electrons. The molecule has 0 fully saturated rings. The van der Waals surface area contributed by atoms with Gasteiger partial charge in [-0.1, -0.05) is 6.07 Å². The largest absolute Gasteiger partial charge is 0.497 e. The van der Waals surface area contributed by atoms with Crippen molar-refractivity contribution < 1.29 is 19.1 Å². The lowest BCUT2D eigenvalue weighted by Gasteiger charge is -2.12. The highest BCUT2D eigenvalue weighted by Gasteiger charge is 2.12. The van der Waals surface area contributed by atoms with Crippen LogP contribution in [-0.4, -0.2) is 45.0 Å². The summed E-state index contributed by atoms with van der Waals surface area (Å²) in [7, 11) is 6.39. The molecule has 2 aromatic carbocycles. The number of amides is 2. The van der Waals surface area contributed by atoms with Crippen molar-refractivity contribution in [1.29, 1.82) is 0 Å². The molecule has 0 bridgehead atoms. The fraction of sp³-hybridized carbons (Fsp3) is 0.222. The van der Waals surface area contributed by atoms with E-state index in [1.807, 2.05) is 0 Å². The van der Waals surface area contributed by atoms with Crippen molar-refractivity contribution in [3.8, 4) is 11.5 Å². The number of methoxy groups -OCH3 is 2. The first-order chi connectivity index (χ1) is 11.4. The highest BCUT2D eigenvalue weighted by Crippen LogP contribution is 2.23. The number of nitrogens with zero attached hydrogens (tertiary/aromatic N) is 1. The van der Waals surface area contributed by atoms with E-state index in [-0.39, 0.29) is 11.8 Å². The van der Waals surface area contributed by atoms with E-state index >= 15 is 0 Å². The van der Waals surface area contributed by atoms with Crippen LogP contribution in [0.2, 0.25) is 0 Å². The van der Waals surface area contributed by atoms with E-state index < -0.39 is 0 Å². The SMILES string of the molecule is COc1cc(OC)cc(C(=O)Nc2cccc(C(=O)N(C)C)c2)c1. The van der Waals surface area contributed by atoms with Crippen molar-refractivity contribution in [3.63, 3.8) is 0 Å². The summed E-state index contributed by atoms with van der Waals surface area (Å²) in [5.41, 5.74) is 1.44. The monoisotopic (exact) mass is 328 g/mol. The molecule has 126 valence electrons. The van der Waals surface area contributed by atoms with E-state index in [0.29, 0.717) is 28.3 Å². The van der Waals surface area contributed by atoms with Gasteiger partial charge in [0.25, 0.3) is 11.8 Å². The van der Waals surface area contributed by atoms with E-state index in [1.54, 1.807) is 56.6 Å². The summed E-state index contributed by atoms with van der Waals surface area (Å²) in [6.45, 7) is 0. The summed E-state index contributed by atoms with van der Waals surface area (Å²) in [5.74, 6) is 0.600. The zero-order chi connectivity index (χ0) is 17.7. The molecule has 0 aliphatic rings. The average Bonchev–Trinajstić information content (AvgIpc) is 2.60. The Kier molecular flexibility index (Phi) is 5.42. The lowest BCUT2D eigenvalue weighted by atomic mass is 10.1. The molecule has 1 N–H and O–H groups in total. The zero-order valence-corrected chi connectivity index (χ0v) is 14.1. The minimum atomic E-state index is -0.318. The molecule has 0 aliphatic carbocycles. The number of anilines is 1. The number of rotatable bonds is 5. The second-order valence-electron chi connectivity index (χ2n) is 5.34. The Morgan fingerprint density at radius 1 is 0.917 bits per heavy atom. The molecule has 0 saturated heterocycles.